The van der Waals surface area contributed by atoms with E-state index >= 15 is 0 Å². The molecule has 54 heavy (non-hydrogen) atoms. The summed E-state index contributed by atoms with van der Waals surface area (Å²) >= 11 is 0. The third-order valence-corrected chi connectivity index (χ3v) is 9.50. The first-order chi connectivity index (χ1) is 26.4. The fourth-order valence-electron chi connectivity index (χ4n) is 6.62. The molecule has 278 valence electrons. The number of fused-ring (bicyclic) bond motifs is 2. The minimum absolute atomic E-state index is 0.167. The van der Waals surface area contributed by atoms with Gasteiger partial charge < -0.3 is 40.1 Å². The Bertz CT molecular complexity index is 2120. The number of furan rings is 1. The molecule has 0 bridgehead atoms. The van der Waals surface area contributed by atoms with Crippen molar-refractivity contribution in [2.45, 2.75) is 45.4 Å². The number of hydrogen-bond acceptors (Lipinski definition) is 7. The molecule has 0 fully saturated rings. The summed E-state index contributed by atoms with van der Waals surface area (Å²) in [5.74, 6) is 0.438. The highest BCUT2D eigenvalue weighted by atomic mass is 19.1. The van der Waals surface area contributed by atoms with Gasteiger partial charge in [-0.05, 0) is 84.5 Å². The van der Waals surface area contributed by atoms with Crippen molar-refractivity contribution in [2.24, 2.45) is 0 Å². The molecular weight excluding hydrogens is 688 g/mol. The van der Waals surface area contributed by atoms with Gasteiger partial charge in [-0.15, -0.1) is 0 Å². The molecule has 0 unspecified atom stereocenters. The van der Waals surface area contributed by atoms with E-state index in [2.05, 4.69) is 63.9 Å². The lowest BCUT2D eigenvalue weighted by atomic mass is 10.0. The molecule has 2 aliphatic heterocycles. The van der Waals surface area contributed by atoms with Crippen LogP contribution in [0.1, 0.15) is 40.3 Å². The van der Waals surface area contributed by atoms with Crippen molar-refractivity contribution in [1.82, 2.24) is 30.6 Å². The standard InChI is InChI=1S/C21H22FN5O.C19H21N5O2/c22-17-6-3-15(4-7-17)11-24-21(28)26-18-8-5-16-2-1-9-27(20(16)10-18)13-19-12-23-14-25-19;1-23(19(25)21-11-17-3-2-8-26-17)16-5-4-14-6-7-24(18(14)9-16)12-15-10-20-13-22-15/h3-8,10,12,14H,1-2,9,11,13H2,(H,23,25)(H2,24,26,28);2-5,8-10,13H,6-7,11-12H2,1H3,(H,20,22)(H,21,25). The van der Waals surface area contributed by atoms with Crippen LogP contribution in [0.5, 0.6) is 0 Å². The Morgan fingerprint density at radius 2 is 1.54 bits per heavy atom. The van der Waals surface area contributed by atoms with E-state index in [1.807, 2.05) is 36.7 Å². The normalized spacial score (nSPS) is 13.0. The van der Waals surface area contributed by atoms with Gasteiger partial charge in [0.2, 0.25) is 0 Å². The third kappa shape index (κ3) is 9.07. The van der Waals surface area contributed by atoms with Crippen molar-refractivity contribution < 1.29 is 18.4 Å². The van der Waals surface area contributed by atoms with E-state index in [0.29, 0.717) is 13.1 Å². The number of hydrogen-bond donors (Lipinski definition) is 5. The van der Waals surface area contributed by atoms with Gasteiger partial charge >= 0.3 is 12.1 Å². The van der Waals surface area contributed by atoms with Crippen LogP contribution in [-0.4, -0.2) is 52.1 Å². The number of urea groups is 2. The number of aromatic amines is 2. The summed E-state index contributed by atoms with van der Waals surface area (Å²) in [6, 6.07) is 21.4. The van der Waals surface area contributed by atoms with Crippen LogP contribution < -0.4 is 30.7 Å². The van der Waals surface area contributed by atoms with Gasteiger partial charge in [0.05, 0.1) is 49.9 Å². The predicted octanol–water partition coefficient (Wildman–Crippen LogP) is 6.73. The lowest BCUT2D eigenvalue weighted by molar-refractivity contribution is 0.246. The van der Waals surface area contributed by atoms with Crippen LogP contribution >= 0.6 is 0 Å². The van der Waals surface area contributed by atoms with Crippen LogP contribution in [0.15, 0.2) is 109 Å². The average molecular weight is 731 g/mol. The van der Waals surface area contributed by atoms with E-state index in [9.17, 15) is 14.0 Å². The number of aryl methyl sites for hydroxylation is 1. The van der Waals surface area contributed by atoms with E-state index in [1.165, 1.54) is 28.9 Å². The van der Waals surface area contributed by atoms with Crippen LogP contribution in [0.2, 0.25) is 0 Å². The SMILES string of the molecule is CN(C(=O)NCc1ccco1)c1ccc2c(c1)N(Cc1cnc[nH]1)CC2.O=C(NCc1ccc(F)cc1)Nc1ccc2c(c1)N(Cc1cnc[nH]1)CCC2. The van der Waals surface area contributed by atoms with Crippen LogP contribution in [0.3, 0.4) is 0 Å². The van der Waals surface area contributed by atoms with Crippen LogP contribution in [0, 0.1) is 5.82 Å². The van der Waals surface area contributed by atoms with E-state index in [-0.39, 0.29) is 17.9 Å². The summed E-state index contributed by atoms with van der Waals surface area (Å²) < 4.78 is 18.2. The molecular formula is C40H43FN10O3. The van der Waals surface area contributed by atoms with E-state index in [4.69, 9.17) is 4.42 Å². The van der Waals surface area contributed by atoms with Crippen molar-refractivity contribution in [3.8, 4) is 0 Å². The molecule has 0 atom stereocenters. The highest BCUT2D eigenvalue weighted by Gasteiger charge is 2.22. The van der Waals surface area contributed by atoms with E-state index in [1.54, 1.807) is 49.1 Å². The van der Waals surface area contributed by atoms with Gasteiger partial charge in [0.15, 0.2) is 0 Å². The Morgan fingerprint density at radius 3 is 2.24 bits per heavy atom. The number of benzene rings is 3. The highest BCUT2D eigenvalue weighted by Crippen LogP contribution is 2.33. The van der Waals surface area contributed by atoms with Gasteiger partial charge in [-0.1, -0.05) is 24.3 Å². The molecule has 5 heterocycles. The Balaban J connectivity index is 0.000000167. The maximum Gasteiger partial charge on any atom is 0.321 e. The number of anilines is 4. The topological polar surface area (TPSA) is 150 Å². The minimum atomic E-state index is -0.291. The van der Waals surface area contributed by atoms with E-state index in [0.717, 1.165) is 85.2 Å². The van der Waals surface area contributed by atoms with Gasteiger partial charge in [-0.3, -0.25) is 4.90 Å². The van der Waals surface area contributed by atoms with Gasteiger partial charge in [0, 0.05) is 61.8 Å². The summed E-state index contributed by atoms with van der Waals surface area (Å²) in [5, 5.41) is 8.54. The van der Waals surface area contributed by atoms with Gasteiger partial charge in [0.25, 0.3) is 0 Å². The molecule has 3 aromatic carbocycles. The first-order valence-corrected chi connectivity index (χ1v) is 17.9. The van der Waals surface area contributed by atoms with Gasteiger partial charge in [-0.2, -0.15) is 0 Å². The zero-order chi connectivity index (χ0) is 37.3. The number of amides is 4. The molecule has 5 N–H and O–H groups in total. The quantitative estimate of drug-likeness (QED) is 0.105. The number of rotatable bonds is 10. The summed E-state index contributed by atoms with van der Waals surface area (Å²) in [7, 11) is 1.77. The van der Waals surface area contributed by atoms with Gasteiger partial charge in [-0.25, -0.2) is 23.9 Å². The molecule has 4 amide bonds. The van der Waals surface area contributed by atoms with Crippen molar-refractivity contribution in [3.05, 3.63) is 144 Å². The Morgan fingerprint density at radius 1 is 0.833 bits per heavy atom. The maximum atomic E-state index is 13.0. The van der Waals surface area contributed by atoms with Crippen molar-refractivity contribution in [1.29, 1.82) is 0 Å². The molecule has 0 spiro atoms. The lowest BCUT2D eigenvalue weighted by Crippen LogP contribution is -2.36. The number of nitrogens with zero attached hydrogens (tertiary/aromatic N) is 5. The summed E-state index contributed by atoms with van der Waals surface area (Å²) in [5.41, 5.74) is 9.47. The number of carbonyl (C=O) groups is 2. The molecule has 0 aliphatic carbocycles. The first-order valence-electron chi connectivity index (χ1n) is 17.9. The van der Waals surface area contributed by atoms with Crippen LogP contribution in [0.4, 0.5) is 36.7 Å². The second-order valence-corrected chi connectivity index (χ2v) is 13.2. The van der Waals surface area contributed by atoms with Crippen molar-refractivity contribution in [3.63, 3.8) is 0 Å². The van der Waals surface area contributed by atoms with Gasteiger partial charge in [0.1, 0.15) is 11.6 Å². The molecule has 2 aliphatic rings. The second-order valence-electron chi connectivity index (χ2n) is 13.2. The Labute approximate surface area is 312 Å². The second kappa shape index (κ2) is 16.8. The first kappa shape index (κ1) is 35.8. The molecule has 6 aromatic rings. The molecule has 8 rings (SSSR count). The zero-order valence-electron chi connectivity index (χ0n) is 30.0. The summed E-state index contributed by atoms with van der Waals surface area (Å²) in [4.78, 5) is 45.3. The number of aromatic nitrogens is 4. The molecule has 13 nitrogen and oxygen atoms in total. The summed E-state index contributed by atoms with van der Waals surface area (Å²) in [6.07, 6.45) is 11.8. The van der Waals surface area contributed by atoms with Crippen LogP contribution in [-0.2, 0) is 39.0 Å². The molecule has 3 aromatic heterocycles. The molecule has 14 heteroatoms. The minimum Gasteiger partial charge on any atom is -0.467 e. The smallest absolute Gasteiger partial charge is 0.321 e. The Hall–Kier alpha value is -6.57. The largest absolute Gasteiger partial charge is 0.467 e. The lowest BCUT2D eigenvalue weighted by Gasteiger charge is -2.31. The maximum absolute atomic E-state index is 13.0. The third-order valence-electron chi connectivity index (χ3n) is 9.50. The highest BCUT2D eigenvalue weighted by molar-refractivity contribution is 5.92. The van der Waals surface area contributed by atoms with Crippen molar-refractivity contribution >= 4 is 34.8 Å². The monoisotopic (exact) mass is 730 g/mol. The van der Waals surface area contributed by atoms with E-state index < -0.39 is 0 Å². The average Bonchev–Trinajstić information content (AvgIpc) is 4.04. The fourth-order valence-corrected chi connectivity index (χ4v) is 6.62. The molecule has 0 saturated carbocycles. The molecule has 0 saturated heterocycles. The zero-order valence-corrected chi connectivity index (χ0v) is 30.0. The number of imidazole rings is 2. The molecule has 0 radical (unpaired) electrons. The fraction of sp³-hybridized carbons (Fsp3) is 0.250. The number of H-pyrrole nitrogens is 2. The predicted molar refractivity (Wildman–Crippen MR) is 206 cm³/mol. The number of nitrogens with one attached hydrogen (secondary N) is 5. The van der Waals surface area contributed by atoms with Crippen LogP contribution in [0.25, 0.3) is 0 Å². The Kier molecular flexibility index (Phi) is 11.2. The summed E-state index contributed by atoms with van der Waals surface area (Å²) in [6.45, 7) is 4.17. The number of halogens is 1. The van der Waals surface area contributed by atoms with Crippen molar-refractivity contribution in [2.75, 3.05) is 40.2 Å². The number of carbonyl (C=O) groups excluding carboxylic acids is 2.